The number of ether oxygens (including phenoxy) is 1. The summed E-state index contributed by atoms with van der Waals surface area (Å²) in [6.45, 7) is 1.65. The van der Waals surface area contributed by atoms with Crippen LogP contribution in [0.15, 0.2) is 54.6 Å². The van der Waals surface area contributed by atoms with Gasteiger partial charge in [0.15, 0.2) is 0 Å². The van der Waals surface area contributed by atoms with Gasteiger partial charge in [-0.15, -0.1) is 12.4 Å². The summed E-state index contributed by atoms with van der Waals surface area (Å²) in [6, 6.07) is 18.1. The first kappa shape index (κ1) is 22.2. The number of amides is 1. The van der Waals surface area contributed by atoms with Crippen molar-refractivity contribution in [3.63, 3.8) is 0 Å². The standard InChI is InChI=1S/C19H22NO2.C2H7N.ClH/c1-20(14-15-7-4-3-5-8-15)12-11-18(19(20)21)16-9-6-10-17(13-16)22-2;1-3-2;/h3-10,13,18H,11-12,14H2,1-2H3;3H,1-2H3;1H/q+1;;. The van der Waals surface area contributed by atoms with E-state index < -0.39 is 0 Å². The molecule has 142 valence electrons. The van der Waals surface area contributed by atoms with Gasteiger partial charge in [-0.1, -0.05) is 42.5 Å². The van der Waals surface area contributed by atoms with Crippen molar-refractivity contribution in [3.05, 3.63) is 65.7 Å². The van der Waals surface area contributed by atoms with Crippen LogP contribution < -0.4 is 10.1 Å². The maximum Gasteiger partial charge on any atom is 0.321 e. The summed E-state index contributed by atoms with van der Waals surface area (Å²) < 4.78 is 5.76. The van der Waals surface area contributed by atoms with Crippen LogP contribution in [0.5, 0.6) is 5.75 Å². The third kappa shape index (κ3) is 5.31. The van der Waals surface area contributed by atoms with E-state index >= 15 is 0 Å². The molecule has 1 aliphatic rings. The highest BCUT2D eigenvalue weighted by molar-refractivity contribution is 5.85. The number of carbonyl (C=O) groups is 1. The van der Waals surface area contributed by atoms with Gasteiger partial charge in [0.1, 0.15) is 18.2 Å². The second-order valence-corrected chi connectivity index (χ2v) is 6.72. The van der Waals surface area contributed by atoms with Crippen molar-refractivity contribution < 1.29 is 14.0 Å². The first-order chi connectivity index (χ1) is 12.0. The minimum atomic E-state index is -0.0242. The summed E-state index contributed by atoms with van der Waals surface area (Å²) in [5, 5.41) is 2.75. The largest absolute Gasteiger partial charge is 0.497 e. The van der Waals surface area contributed by atoms with Crippen molar-refractivity contribution in [1.82, 2.24) is 5.32 Å². The number of rotatable bonds is 4. The van der Waals surface area contributed by atoms with Crippen molar-refractivity contribution in [2.75, 3.05) is 34.8 Å². The molecule has 0 bridgehead atoms. The molecule has 1 amide bonds. The van der Waals surface area contributed by atoms with Crippen LogP contribution >= 0.6 is 12.4 Å². The van der Waals surface area contributed by atoms with Gasteiger partial charge in [-0.25, -0.2) is 4.79 Å². The molecule has 1 aliphatic heterocycles. The Morgan fingerprint density at radius 3 is 2.38 bits per heavy atom. The molecule has 0 saturated carbocycles. The molecule has 3 rings (SSSR count). The molecule has 2 aromatic carbocycles. The monoisotopic (exact) mass is 377 g/mol. The number of likely N-dealkylation sites (N-methyl/N-ethyl adjacent to an activating group) is 1. The van der Waals surface area contributed by atoms with Gasteiger partial charge in [0.2, 0.25) is 0 Å². The third-order valence-corrected chi connectivity index (χ3v) is 4.61. The number of carbonyl (C=O) groups excluding carboxylic acids is 1. The molecular weight excluding hydrogens is 348 g/mol. The van der Waals surface area contributed by atoms with E-state index in [2.05, 4.69) is 24.5 Å². The molecule has 26 heavy (non-hydrogen) atoms. The lowest BCUT2D eigenvalue weighted by Gasteiger charge is -2.27. The zero-order valence-electron chi connectivity index (χ0n) is 16.1. The van der Waals surface area contributed by atoms with Gasteiger partial charge < -0.3 is 10.1 Å². The Kier molecular flexibility index (Phi) is 8.79. The number of nitrogens with zero attached hydrogens (tertiary/aromatic N) is 1. The number of halogens is 1. The van der Waals surface area contributed by atoms with E-state index in [-0.39, 0.29) is 18.3 Å². The van der Waals surface area contributed by atoms with Crippen molar-refractivity contribution in [1.29, 1.82) is 0 Å². The van der Waals surface area contributed by atoms with E-state index in [1.54, 1.807) is 7.11 Å². The van der Waals surface area contributed by atoms with E-state index in [0.717, 1.165) is 30.8 Å². The molecule has 2 aromatic rings. The number of hydrogen-bond acceptors (Lipinski definition) is 3. The van der Waals surface area contributed by atoms with E-state index in [4.69, 9.17) is 4.74 Å². The molecule has 0 aliphatic carbocycles. The van der Waals surface area contributed by atoms with Crippen LogP contribution in [0, 0.1) is 0 Å². The first-order valence-electron chi connectivity index (χ1n) is 8.69. The van der Waals surface area contributed by atoms with Crippen LogP contribution in [0.1, 0.15) is 23.5 Å². The summed E-state index contributed by atoms with van der Waals surface area (Å²) in [7, 11) is 7.46. The van der Waals surface area contributed by atoms with Gasteiger partial charge in [-0.05, 0) is 31.8 Å². The van der Waals surface area contributed by atoms with Crippen LogP contribution in [0.3, 0.4) is 0 Å². The van der Waals surface area contributed by atoms with Crippen molar-refractivity contribution in [3.8, 4) is 5.75 Å². The number of likely N-dealkylation sites (tertiary alicyclic amines) is 1. The highest BCUT2D eigenvalue weighted by atomic mass is 35.5. The van der Waals surface area contributed by atoms with Gasteiger partial charge in [-0.3, -0.25) is 4.48 Å². The summed E-state index contributed by atoms with van der Waals surface area (Å²) in [5.74, 6) is 1.09. The molecular formula is C21H30ClN2O2+. The lowest BCUT2D eigenvalue weighted by Crippen LogP contribution is -2.45. The second-order valence-electron chi connectivity index (χ2n) is 6.72. The fourth-order valence-corrected chi connectivity index (χ4v) is 3.33. The molecule has 4 nitrogen and oxygen atoms in total. The van der Waals surface area contributed by atoms with Gasteiger partial charge in [0.05, 0.1) is 20.7 Å². The average Bonchev–Trinajstić information content (AvgIpc) is 2.91. The molecule has 1 N–H and O–H groups in total. The molecule has 1 saturated heterocycles. The third-order valence-electron chi connectivity index (χ3n) is 4.61. The number of quaternary nitrogens is 1. The fraction of sp³-hybridized carbons (Fsp3) is 0.381. The minimum Gasteiger partial charge on any atom is -0.497 e. The van der Waals surface area contributed by atoms with Crippen LogP contribution in [0.25, 0.3) is 0 Å². The number of benzene rings is 2. The predicted octanol–water partition coefficient (Wildman–Crippen LogP) is 3.61. The van der Waals surface area contributed by atoms with Crippen LogP contribution in [0.2, 0.25) is 0 Å². The molecule has 0 aromatic heterocycles. The Morgan fingerprint density at radius 2 is 1.77 bits per heavy atom. The molecule has 1 fully saturated rings. The van der Waals surface area contributed by atoms with Gasteiger partial charge in [-0.2, -0.15) is 0 Å². The van der Waals surface area contributed by atoms with E-state index in [0.29, 0.717) is 10.4 Å². The molecule has 1 heterocycles. The zero-order chi connectivity index (χ0) is 18.3. The summed E-state index contributed by atoms with van der Waals surface area (Å²) in [4.78, 5) is 13.0. The fourth-order valence-electron chi connectivity index (χ4n) is 3.33. The summed E-state index contributed by atoms with van der Waals surface area (Å²) in [5.41, 5.74) is 2.28. The predicted molar refractivity (Wildman–Crippen MR) is 109 cm³/mol. The quantitative estimate of drug-likeness (QED) is 0.827. The summed E-state index contributed by atoms with van der Waals surface area (Å²) >= 11 is 0. The maximum atomic E-state index is 13.0. The van der Waals surface area contributed by atoms with E-state index in [1.807, 2.05) is 56.6 Å². The topological polar surface area (TPSA) is 38.3 Å². The Labute approximate surface area is 163 Å². The van der Waals surface area contributed by atoms with Crippen molar-refractivity contribution in [2.24, 2.45) is 0 Å². The highest BCUT2D eigenvalue weighted by Gasteiger charge is 2.45. The highest BCUT2D eigenvalue weighted by Crippen LogP contribution is 2.35. The molecule has 5 heteroatoms. The SMILES string of the molecule is CNC.COc1cccc(C2CC[N+](C)(Cc3ccccc3)C2=O)c1.Cl. The normalized spacial score (nSPS) is 21.4. The average molecular weight is 378 g/mol. The zero-order valence-corrected chi connectivity index (χ0v) is 16.9. The van der Waals surface area contributed by atoms with Gasteiger partial charge >= 0.3 is 5.91 Å². The Morgan fingerprint density at radius 1 is 1.12 bits per heavy atom. The van der Waals surface area contributed by atoms with Gasteiger partial charge in [0.25, 0.3) is 0 Å². The molecule has 2 atom stereocenters. The van der Waals surface area contributed by atoms with Crippen molar-refractivity contribution in [2.45, 2.75) is 18.9 Å². The first-order valence-corrected chi connectivity index (χ1v) is 8.69. The second kappa shape index (κ2) is 10.3. The maximum absolute atomic E-state index is 13.0. The molecule has 0 radical (unpaired) electrons. The van der Waals surface area contributed by atoms with Crippen molar-refractivity contribution >= 4 is 18.3 Å². The van der Waals surface area contributed by atoms with Crippen LogP contribution in [-0.4, -0.2) is 45.2 Å². The Balaban J connectivity index is 0.000000791. The Hall–Kier alpha value is -1.88. The summed E-state index contributed by atoms with van der Waals surface area (Å²) in [6.07, 6.45) is 0.898. The molecule has 0 spiro atoms. The molecule has 2 unspecified atom stereocenters. The van der Waals surface area contributed by atoms with Crippen LogP contribution in [-0.2, 0) is 11.3 Å². The van der Waals surface area contributed by atoms with Crippen LogP contribution in [0.4, 0.5) is 0 Å². The lowest BCUT2D eigenvalue weighted by molar-refractivity contribution is -0.840. The number of methoxy groups -OCH3 is 1. The van der Waals surface area contributed by atoms with E-state index in [9.17, 15) is 4.79 Å². The lowest BCUT2D eigenvalue weighted by atomic mass is 9.97. The smallest absolute Gasteiger partial charge is 0.321 e. The Bertz CT molecular complexity index is 693. The van der Waals surface area contributed by atoms with E-state index in [1.165, 1.54) is 5.56 Å². The number of hydrogen-bond donors (Lipinski definition) is 1. The number of nitrogens with one attached hydrogen (secondary N) is 1. The minimum absolute atomic E-state index is 0. The van der Waals surface area contributed by atoms with Gasteiger partial charge in [0, 0.05) is 12.0 Å².